The Labute approximate surface area is 189 Å². The van der Waals surface area contributed by atoms with Crippen molar-refractivity contribution in [3.05, 3.63) is 12.3 Å². The number of hydrogen-bond donors (Lipinski definition) is 5. The molecule has 0 saturated carbocycles. The van der Waals surface area contributed by atoms with Crippen molar-refractivity contribution in [2.45, 2.75) is 77.6 Å². The quantitative estimate of drug-likeness (QED) is 0.174. The van der Waals surface area contributed by atoms with E-state index in [1.54, 1.807) is 0 Å². The normalized spacial score (nSPS) is 20.8. The molecule has 0 amide bonds. The maximum atomic E-state index is 9.63. The van der Waals surface area contributed by atoms with Crippen molar-refractivity contribution in [3.63, 3.8) is 0 Å². The summed E-state index contributed by atoms with van der Waals surface area (Å²) in [6, 6.07) is 0. The summed E-state index contributed by atoms with van der Waals surface area (Å²) in [6.07, 6.45) is 17.4. The molecule has 0 fully saturated rings. The highest BCUT2D eigenvalue weighted by Crippen LogP contribution is 2.45. The minimum absolute atomic E-state index is 0.276. The van der Waals surface area contributed by atoms with Gasteiger partial charge in [0.05, 0.1) is 12.4 Å². The molecule has 0 aliphatic carbocycles. The van der Waals surface area contributed by atoms with E-state index in [2.05, 4.69) is 19.2 Å². The maximum absolute atomic E-state index is 9.63. The molecule has 0 aromatic heterocycles. The van der Waals surface area contributed by atoms with Crippen molar-refractivity contribution < 1.29 is 18.1 Å². The second kappa shape index (κ2) is 17.7. The molecule has 2 atom stereocenters. The molecule has 0 radical (unpaired) electrons. The van der Waals surface area contributed by atoms with Gasteiger partial charge in [0.2, 0.25) is 0 Å². The van der Waals surface area contributed by atoms with Gasteiger partial charge in [-0.3, -0.25) is 9.55 Å². The van der Waals surface area contributed by atoms with E-state index in [1.807, 2.05) is 0 Å². The molecular formula is C22H46N4O4S. The lowest BCUT2D eigenvalue weighted by molar-refractivity contribution is 0.219. The first-order valence-electron chi connectivity index (χ1n) is 11.7. The highest BCUT2D eigenvalue weighted by molar-refractivity contribution is 7.85. The third kappa shape index (κ3) is 13.3. The molecule has 1 aliphatic heterocycles. The van der Waals surface area contributed by atoms with E-state index >= 15 is 0 Å². The number of rotatable bonds is 16. The summed E-state index contributed by atoms with van der Waals surface area (Å²) < 4.78 is 27.1. The van der Waals surface area contributed by atoms with E-state index in [-0.39, 0.29) is 5.41 Å². The van der Waals surface area contributed by atoms with Crippen LogP contribution in [0.4, 0.5) is 0 Å². The van der Waals surface area contributed by atoms with Crippen molar-refractivity contribution in [3.8, 4) is 0 Å². The maximum Gasteiger partial charge on any atom is 0.267 e. The topological polar surface area (TPSA) is 165 Å². The van der Waals surface area contributed by atoms with Gasteiger partial charge < -0.3 is 22.3 Å². The lowest BCUT2D eigenvalue weighted by Gasteiger charge is -2.42. The minimum atomic E-state index is -3.92. The number of aliphatic hydroxyl groups is 1. The zero-order valence-electron chi connectivity index (χ0n) is 19.3. The molecule has 8 N–H and O–H groups in total. The molecule has 1 rings (SSSR count). The summed E-state index contributed by atoms with van der Waals surface area (Å²) >= 11 is 0. The SMILES string of the molecule is CCCC1(CCCCN)C=CN=C(CCCCN)C1CCCCN.O=S(=O)(O)CCO. The average molecular weight is 463 g/mol. The summed E-state index contributed by atoms with van der Waals surface area (Å²) in [5.74, 6) is -0.00273. The summed E-state index contributed by atoms with van der Waals surface area (Å²) in [5.41, 5.74) is 18.8. The fraction of sp³-hybridized carbons (Fsp3) is 0.864. The molecule has 31 heavy (non-hydrogen) atoms. The third-order valence-electron chi connectivity index (χ3n) is 5.74. The number of hydrogen-bond acceptors (Lipinski definition) is 7. The van der Waals surface area contributed by atoms with Crippen LogP contribution in [0.3, 0.4) is 0 Å². The van der Waals surface area contributed by atoms with Crippen LogP contribution in [0.2, 0.25) is 0 Å². The number of aliphatic hydroxyl groups excluding tert-OH is 1. The summed E-state index contributed by atoms with van der Waals surface area (Å²) in [6.45, 7) is 4.13. The number of allylic oxidation sites excluding steroid dienone is 1. The Bertz CT molecular complexity index is 611. The van der Waals surface area contributed by atoms with Crippen molar-refractivity contribution in [2.75, 3.05) is 32.0 Å². The first-order chi connectivity index (χ1) is 14.8. The van der Waals surface area contributed by atoms with Gasteiger partial charge in [-0.05, 0) is 76.4 Å². The summed E-state index contributed by atoms with van der Waals surface area (Å²) in [5, 5.41) is 7.86. The van der Waals surface area contributed by atoms with E-state index < -0.39 is 22.5 Å². The van der Waals surface area contributed by atoms with Crippen LogP contribution in [0, 0.1) is 11.3 Å². The number of aliphatic imine (C=N–C) groups is 1. The monoisotopic (exact) mass is 462 g/mol. The summed E-state index contributed by atoms with van der Waals surface area (Å²) in [7, 11) is -3.92. The van der Waals surface area contributed by atoms with Gasteiger partial charge in [-0.1, -0.05) is 32.3 Å². The molecule has 2 unspecified atom stereocenters. The molecule has 8 nitrogen and oxygen atoms in total. The van der Waals surface area contributed by atoms with Crippen LogP contribution in [0.5, 0.6) is 0 Å². The Hall–Kier alpha value is -0.840. The minimum Gasteiger partial charge on any atom is -0.395 e. The molecule has 0 aromatic carbocycles. The smallest absolute Gasteiger partial charge is 0.267 e. The van der Waals surface area contributed by atoms with Gasteiger partial charge in [0.15, 0.2) is 0 Å². The fourth-order valence-corrected chi connectivity index (χ4v) is 4.51. The predicted molar refractivity (Wildman–Crippen MR) is 130 cm³/mol. The van der Waals surface area contributed by atoms with Gasteiger partial charge >= 0.3 is 0 Å². The summed E-state index contributed by atoms with van der Waals surface area (Å²) in [4.78, 5) is 4.81. The first-order valence-corrected chi connectivity index (χ1v) is 13.3. The van der Waals surface area contributed by atoms with Gasteiger partial charge in [-0.2, -0.15) is 8.42 Å². The molecule has 0 spiro atoms. The van der Waals surface area contributed by atoms with Crippen LogP contribution in [-0.4, -0.2) is 55.8 Å². The predicted octanol–water partition coefficient (Wildman–Crippen LogP) is 2.61. The van der Waals surface area contributed by atoms with E-state index in [1.165, 1.54) is 44.2 Å². The molecule has 1 heterocycles. The van der Waals surface area contributed by atoms with Crippen molar-refractivity contribution >= 4 is 15.8 Å². The molecule has 1 aliphatic rings. The molecule has 0 bridgehead atoms. The average Bonchev–Trinajstić information content (AvgIpc) is 2.70. The Kier molecular flexibility index (Phi) is 17.2. The van der Waals surface area contributed by atoms with Gasteiger partial charge in [-0.25, -0.2) is 0 Å². The van der Waals surface area contributed by atoms with Gasteiger partial charge in [0.25, 0.3) is 10.1 Å². The Morgan fingerprint density at radius 2 is 1.61 bits per heavy atom. The van der Waals surface area contributed by atoms with Gasteiger partial charge in [0, 0.05) is 17.8 Å². The molecular weight excluding hydrogens is 416 g/mol. The number of nitrogens with zero attached hydrogens (tertiary/aromatic N) is 1. The molecule has 0 aromatic rings. The second-order valence-corrected chi connectivity index (χ2v) is 9.83. The van der Waals surface area contributed by atoms with Crippen molar-refractivity contribution in [1.82, 2.24) is 0 Å². The lowest BCUT2D eigenvalue weighted by atomic mass is 9.64. The van der Waals surface area contributed by atoms with Crippen molar-refractivity contribution in [1.29, 1.82) is 0 Å². The second-order valence-electron chi connectivity index (χ2n) is 8.26. The largest absolute Gasteiger partial charge is 0.395 e. The van der Waals surface area contributed by atoms with Crippen LogP contribution in [0.1, 0.15) is 77.6 Å². The van der Waals surface area contributed by atoms with Crippen molar-refractivity contribution in [2.24, 2.45) is 33.5 Å². The number of nitrogens with two attached hydrogens (primary N) is 3. The van der Waals surface area contributed by atoms with Gasteiger partial charge in [0.1, 0.15) is 0 Å². The Balaban J connectivity index is 0.00000110. The lowest BCUT2D eigenvalue weighted by Crippen LogP contribution is -2.37. The van der Waals surface area contributed by atoms with E-state index in [9.17, 15) is 8.42 Å². The van der Waals surface area contributed by atoms with E-state index in [4.69, 9.17) is 31.9 Å². The van der Waals surface area contributed by atoms with E-state index in [0.717, 1.165) is 51.7 Å². The zero-order chi connectivity index (χ0) is 23.6. The van der Waals surface area contributed by atoms with Crippen LogP contribution in [0.15, 0.2) is 17.3 Å². The van der Waals surface area contributed by atoms with Crippen LogP contribution >= 0.6 is 0 Å². The van der Waals surface area contributed by atoms with Crippen LogP contribution in [-0.2, 0) is 10.1 Å². The number of unbranched alkanes of at least 4 members (excludes halogenated alkanes) is 3. The van der Waals surface area contributed by atoms with Crippen LogP contribution in [0.25, 0.3) is 0 Å². The fourth-order valence-electron chi connectivity index (χ4n) is 4.27. The third-order valence-corrected chi connectivity index (χ3v) is 6.44. The Morgan fingerprint density at radius 1 is 1.00 bits per heavy atom. The standard InChI is InChI=1S/C20H40N4.C2H6O4S/c1-2-11-20(12-5-8-16-23)13-17-24-19(10-4-7-15-22)18(20)9-3-6-14-21;3-1-2-7(4,5)6/h13,17-18H,2-12,14-16,21-23H2,1H3;3H,1-2H2,(H,4,5,6). The zero-order valence-corrected chi connectivity index (χ0v) is 20.2. The highest BCUT2D eigenvalue weighted by Gasteiger charge is 2.39. The molecule has 0 saturated heterocycles. The van der Waals surface area contributed by atoms with Gasteiger partial charge in [-0.15, -0.1) is 0 Å². The molecule has 184 valence electrons. The molecule has 9 heteroatoms. The van der Waals surface area contributed by atoms with Crippen LogP contribution < -0.4 is 17.2 Å². The Morgan fingerprint density at radius 3 is 2.13 bits per heavy atom. The first kappa shape index (κ1) is 30.2. The highest BCUT2D eigenvalue weighted by atomic mass is 32.2. The van der Waals surface area contributed by atoms with E-state index in [0.29, 0.717) is 5.92 Å².